The Morgan fingerprint density at radius 1 is 1.08 bits per heavy atom. The number of rotatable bonds is 8. The van der Waals surface area contributed by atoms with Gasteiger partial charge < -0.3 is 5.32 Å². The molecule has 0 saturated heterocycles. The summed E-state index contributed by atoms with van der Waals surface area (Å²) in [4.78, 5) is 2.43. The minimum absolute atomic E-state index is 0.616. The molecule has 0 bridgehead atoms. The summed E-state index contributed by atoms with van der Waals surface area (Å²) in [7, 11) is 0. The molecule has 0 unspecified atom stereocenters. The summed E-state index contributed by atoms with van der Waals surface area (Å²) in [6.07, 6.45) is 0. The predicted octanol–water partition coefficient (Wildman–Crippen LogP) is 1.15. The lowest BCUT2D eigenvalue weighted by Crippen LogP contribution is -2.38. The quantitative estimate of drug-likeness (QED) is 0.422. The third kappa shape index (κ3) is 7.67. The van der Waals surface area contributed by atoms with Crippen LogP contribution in [0.3, 0.4) is 0 Å². The smallest absolute Gasteiger partial charge is 0.0110 e. The van der Waals surface area contributed by atoms with Crippen molar-refractivity contribution in [2.75, 3.05) is 37.7 Å². The van der Waals surface area contributed by atoms with Gasteiger partial charge in [0.05, 0.1) is 0 Å². The number of thiol groups is 2. The van der Waals surface area contributed by atoms with E-state index in [1.807, 2.05) is 0 Å². The molecule has 80 valence electrons. The summed E-state index contributed by atoms with van der Waals surface area (Å²) >= 11 is 8.38. The number of nitrogens with one attached hydrogen (secondary N) is 1. The highest BCUT2D eigenvalue weighted by atomic mass is 32.1. The highest BCUT2D eigenvalue weighted by molar-refractivity contribution is 7.80. The van der Waals surface area contributed by atoms with Crippen LogP contribution in [0.1, 0.15) is 13.8 Å². The fourth-order valence-electron chi connectivity index (χ4n) is 1.18. The lowest BCUT2D eigenvalue weighted by atomic mass is 10.3. The fraction of sp³-hybridized carbons (Fsp3) is 1.00. The molecule has 0 saturated carbocycles. The van der Waals surface area contributed by atoms with Gasteiger partial charge in [-0.05, 0) is 13.8 Å². The summed E-state index contributed by atoms with van der Waals surface area (Å²) in [5.74, 6) is 1.85. The molecule has 0 rings (SSSR count). The van der Waals surface area contributed by atoms with Gasteiger partial charge in [-0.2, -0.15) is 25.3 Å². The van der Waals surface area contributed by atoms with E-state index < -0.39 is 0 Å². The second-order valence-corrected chi connectivity index (χ2v) is 4.22. The Kier molecular flexibility index (Phi) is 9.62. The van der Waals surface area contributed by atoms with Crippen LogP contribution in [0.5, 0.6) is 0 Å². The van der Waals surface area contributed by atoms with Crippen molar-refractivity contribution in [3.8, 4) is 0 Å². The van der Waals surface area contributed by atoms with Gasteiger partial charge in [-0.15, -0.1) is 0 Å². The van der Waals surface area contributed by atoms with Crippen molar-refractivity contribution in [2.24, 2.45) is 0 Å². The van der Waals surface area contributed by atoms with Gasteiger partial charge in [-0.3, -0.25) is 4.90 Å². The predicted molar refractivity (Wildman–Crippen MR) is 67.3 cm³/mol. The molecule has 0 heterocycles. The van der Waals surface area contributed by atoms with Crippen LogP contribution in [0.25, 0.3) is 0 Å². The molecule has 0 atom stereocenters. The first-order valence-electron chi connectivity index (χ1n) is 4.88. The summed E-state index contributed by atoms with van der Waals surface area (Å²) < 4.78 is 0. The zero-order chi connectivity index (χ0) is 10.1. The first kappa shape index (κ1) is 13.6. The Morgan fingerprint density at radius 3 is 2.23 bits per heavy atom. The zero-order valence-electron chi connectivity index (χ0n) is 8.66. The van der Waals surface area contributed by atoms with E-state index in [1.165, 1.54) is 0 Å². The third-order valence-corrected chi connectivity index (χ3v) is 2.41. The molecule has 0 aromatic carbocycles. The molecular formula is C9H22N2S2. The van der Waals surface area contributed by atoms with E-state index in [0.717, 1.165) is 37.7 Å². The van der Waals surface area contributed by atoms with Crippen LogP contribution in [-0.2, 0) is 0 Å². The molecule has 0 fully saturated rings. The fourth-order valence-corrected chi connectivity index (χ4v) is 1.60. The first-order valence-corrected chi connectivity index (χ1v) is 6.15. The maximum atomic E-state index is 4.24. The average molecular weight is 222 g/mol. The summed E-state index contributed by atoms with van der Waals surface area (Å²) in [5, 5.41) is 3.34. The lowest BCUT2D eigenvalue weighted by Gasteiger charge is -2.25. The minimum Gasteiger partial charge on any atom is -0.315 e. The number of nitrogens with zero attached hydrogens (tertiary/aromatic N) is 1. The van der Waals surface area contributed by atoms with Crippen molar-refractivity contribution < 1.29 is 0 Å². The lowest BCUT2D eigenvalue weighted by molar-refractivity contribution is 0.237. The van der Waals surface area contributed by atoms with Crippen LogP contribution in [0, 0.1) is 0 Å². The molecule has 13 heavy (non-hydrogen) atoms. The summed E-state index contributed by atoms with van der Waals surface area (Å²) in [5.41, 5.74) is 0. The second kappa shape index (κ2) is 9.19. The molecule has 0 aromatic rings. The van der Waals surface area contributed by atoms with E-state index >= 15 is 0 Å². The Labute approximate surface area is 93.3 Å². The maximum Gasteiger partial charge on any atom is 0.0110 e. The first-order chi connectivity index (χ1) is 6.22. The van der Waals surface area contributed by atoms with E-state index in [9.17, 15) is 0 Å². The van der Waals surface area contributed by atoms with Crippen molar-refractivity contribution in [1.29, 1.82) is 0 Å². The molecule has 0 spiro atoms. The molecule has 4 heteroatoms. The summed E-state index contributed by atoms with van der Waals surface area (Å²) in [6, 6.07) is 0.616. The largest absolute Gasteiger partial charge is 0.315 e. The molecule has 0 radical (unpaired) electrons. The van der Waals surface area contributed by atoms with Crippen molar-refractivity contribution in [1.82, 2.24) is 10.2 Å². The van der Waals surface area contributed by atoms with Crippen LogP contribution in [0.4, 0.5) is 0 Å². The SMILES string of the molecule is CC(C)N(CCS)CCNCCS. The minimum atomic E-state index is 0.616. The summed E-state index contributed by atoms with van der Waals surface area (Å²) in [6.45, 7) is 8.67. The van der Waals surface area contributed by atoms with Crippen molar-refractivity contribution in [2.45, 2.75) is 19.9 Å². The van der Waals surface area contributed by atoms with Crippen LogP contribution < -0.4 is 5.32 Å². The van der Waals surface area contributed by atoms with Gasteiger partial charge in [0.2, 0.25) is 0 Å². The van der Waals surface area contributed by atoms with E-state index in [1.54, 1.807) is 0 Å². The highest BCUT2D eigenvalue weighted by Crippen LogP contribution is 1.96. The van der Waals surface area contributed by atoms with Gasteiger partial charge >= 0.3 is 0 Å². The van der Waals surface area contributed by atoms with Gasteiger partial charge in [0, 0.05) is 43.7 Å². The molecule has 1 N–H and O–H groups in total. The van der Waals surface area contributed by atoms with Gasteiger partial charge in [-0.25, -0.2) is 0 Å². The van der Waals surface area contributed by atoms with E-state index in [4.69, 9.17) is 0 Å². The van der Waals surface area contributed by atoms with Crippen LogP contribution in [0.15, 0.2) is 0 Å². The van der Waals surface area contributed by atoms with Crippen LogP contribution in [0.2, 0.25) is 0 Å². The molecule has 0 aliphatic rings. The second-order valence-electron chi connectivity index (χ2n) is 3.33. The molecule has 0 aromatic heterocycles. The monoisotopic (exact) mass is 222 g/mol. The Morgan fingerprint density at radius 2 is 1.77 bits per heavy atom. The molecule has 0 aliphatic carbocycles. The Bertz CT molecular complexity index is 110. The van der Waals surface area contributed by atoms with E-state index in [-0.39, 0.29) is 0 Å². The van der Waals surface area contributed by atoms with Crippen molar-refractivity contribution in [3.05, 3.63) is 0 Å². The standard InChI is InChI=1S/C9H22N2S2/c1-9(2)11(6-8-13)5-3-10-4-7-12/h9-10,12-13H,3-8H2,1-2H3. The van der Waals surface area contributed by atoms with Gasteiger partial charge in [0.15, 0.2) is 0 Å². The van der Waals surface area contributed by atoms with E-state index in [0.29, 0.717) is 6.04 Å². The van der Waals surface area contributed by atoms with Crippen LogP contribution in [-0.4, -0.2) is 48.6 Å². The van der Waals surface area contributed by atoms with Crippen molar-refractivity contribution in [3.63, 3.8) is 0 Å². The normalized spacial score (nSPS) is 11.5. The highest BCUT2D eigenvalue weighted by Gasteiger charge is 2.06. The number of hydrogen-bond donors (Lipinski definition) is 3. The van der Waals surface area contributed by atoms with Crippen molar-refractivity contribution >= 4 is 25.3 Å². The van der Waals surface area contributed by atoms with E-state index in [2.05, 4.69) is 49.3 Å². The number of hydrogen-bond acceptors (Lipinski definition) is 4. The molecular weight excluding hydrogens is 200 g/mol. The molecule has 2 nitrogen and oxygen atoms in total. The zero-order valence-corrected chi connectivity index (χ0v) is 10.5. The van der Waals surface area contributed by atoms with Crippen LogP contribution >= 0.6 is 25.3 Å². The Balaban J connectivity index is 3.45. The van der Waals surface area contributed by atoms with Gasteiger partial charge in [0.25, 0.3) is 0 Å². The third-order valence-electron chi connectivity index (χ3n) is 1.98. The average Bonchev–Trinajstić information content (AvgIpc) is 2.10. The Hall–Kier alpha value is 0.620. The van der Waals surface area contributed by atoms with Gasteiger partial charge in [-0.1, -0.05) is 0 Å². The molecule has 0 amide bonds. The topological polar surface area (TPSA) is 15.3 Å². The van der Waals surface area contributed by atoms with Gasteiger partial charge in [0.1, 0.15) is 0 Å². The molecule has 0 aliphatic heterocycles. The maximum absolute atomic E-state index is 4.24.